The number of nitrogens with zero attached hydrogens (tertiary/aromatic N) is 2. The molecule has 1 saturated heterocycles. The summed E-state index contributed by atoms with van der Waals surface area (Å²) in [6.07, 6.45) is 7.21. The largest absolute Gasteiger partial charge is 0.245 e. The van der Waals surface area contributed by atoms with Crippen molar-refractivity contribution in [3.8, 4) is 0 Å². The minimum absolute atomic E-state index is 0.805. The van der Waals surface area contributed by atoms with Gasteiger partial charge in [-0.2, -0.15) is 0 Å². The maximum absolute atomic E-state index is 5.40. The van der Waals surface area contributed by atoms with E-state index in [9.17, 15) is 0 Å². The summed E-state index contributed by atoms with van der Waals surface area (Å²) < 4.78 is -1.92. The Kier molecular flexibility index (Phi) is 7.11. The molecule has 0 unspecified atom stereocenters. The molecular formula is C11H12Cl4N2S2. The van der Waals surface area contributed by atoms with Crippen LogP contribution in [0.5, 0.6) is 0 Å². The second-order valence-corrected chi connectivity index (χ2v) is 9.17. The third-order valence-electron chi connectivity index (χ3n) is 2.00. The number of hydrogen-bond acceptors (Lipinski definition) is 4. The Morgan fingerprint density at radius 3 is 2.32 bits per heavy atom. The molecule has 106 valence electrons. The van der Waals surface area contributed by atoms with Crippen molar-refractivity contribution in [1.82, 2.24) is 9.97 Å². The van der Waals surface area contributed by atoms with Crippen molar-refractivity contribution in [2.24, 2.45) is 0 Å². The molecule has 0 saturated carbocycles. The van der Waals surface area contributed by atoms with E-state index in [1.165, 1.54) is 0 Å². The van der Waals surface area contributed by atoms with Gasteiger partial charge < -0.3 is 0 Å². The standard InChI is InChI=1S/C9H12N2S.C2Cl4S/c1-2-3-9(12)6-8-4-5-10-7-11-8;3-1(4)2(5,6)7-1/h3-5,7,12H,2,6H2,1H3;. The van der Waals surface area contributed by atoms with E-state index in [1.807, 2.05) is 6.07 Å². The first-order chi connectivity index (χ1) is 8.78. The van der Waals surface area contributed by atoms with Crippen LogP contribution in [-0.2, 0) is 6.42 Å². The van der Waals surface area contributed by atoms with Crippen LogP contribution < -0.4 is 0 Å². The van der Waals surface area contributed by atoms with E-state index in [0.29, 0.717) is 0 Å². The molecule has 1 aliphatic rings. The van der Waals surface area contributed by atoms with E-state index < -0.39 is 7.33 Å². The van der Waals surface area contributed by atoms with Gasteiger partial charge in [0, 0.05) is 18.3 Å². The third-order valence-corrected chi connectivity index (χ3v) is 6.16. The Morgan fingerprint density at radius 2 is 1.95 bits per heavy atom. The molecule has 0 N–H and O–H groups in total. The quantitative estimate of drug-likeness (QED) is 0.443. The molecule has 0 bridgehead atoms. The first-order valence-electron chi connectivity index (χ1n) is 5.37. The van der Waals surface area contributed by atoms with Gasteiger partial charge in [0.2, 0.25) is 7.33 Å². The minimum Gasteiger partial charge on any atom is -0.245 e. The number of rotatable bonds is 3. The lowest BCUT2D eigenvalue weighted by atomic mass is 10.2. The van der Waals surface area contributed by atoms with Crippen molar-refractivity contribution in [3.05, 3.63) is 35.3 Å². The summed E-state index contributed by atoms with van der Waals surface area (Å²) in [5.41, 5.74) is 1.01. The van der Waals surface area contributed by atoms with Gasteiger partial charge in [-0.15, -0.1) is 12.6 Å². The molecule has 2 rings (SSSR count). The van der Waals surface area contributed by atoms with Crippen molar-refractivity contribution in [3.63, 3.8) is 0 Å². The number of thioether (sulfide) groups is 1. The molecule has 1 aromatic heterocycles. The van der Waals surface area contributed by atoms with Gasteiger partial charge in [-0.25, -0.2) is 9.97 Å². The monoisotopic (exact) mass is 376 g/mol. The summed E-state index contributed by atoms with van der Waals surface area (Å²) in [5, 5.41) is 0. The zero-order chi connectivity index (χ0) is 14.5. The molecule has 0 aliphatic carbocycles. The SMILES string of the molecule is CCC=C(S)Cc1ccncn1.ClC1(Cl)SC1(Cl)Cl. The summed E-state index contributed by atoms with van der Waals surface area (Å²) in [6.45, 7) is 2.09. The van der Waals surface area contributed by atoms with E-state index in [4.69, 9.17) is 46.4 Å². The molecular weight excluding hydrogens is 366 g/mol. The van der Waals surface area contributed by atoms with Crippen molar-refractivity contribution in [2.75, 3.05) is 0 Å². The number of thiol groups is 1. The molecule has 0 aromatic carbocycles. The van der Waals surface area contributed by atoms with Gasteiger partial charge in [-0.3, -0.25) is 0 Å². The minimum atomic E-state index is -0.962. The van der Waals surface area contributed by atoms with Gasteiger partial charge in [0.05, 0.1) is 0 Å². The highest BCUT2D eigenvalue weighted by Gasteiger charge is 2.67. The van der Waals surface area contributed by atoms with Crippen LogP contribution in [0.25, 0.3) is 0 Å². The lowest BCUT2D eigenvalue weighted by Gasteiger charge is -1.97. The highest BCUT2D eigenvalue weighted by molar-refractivity contribution is 8.16. The lowest BCUT2D eigenvalue weighted by molar-refractivity contribution is 1.03. The molecule has 1 fully saturated rings. The second kappa shape index (κ2) is 7.62. The summed E-state index contributed by atoms with van der Waals surface area (Å²) in [4.78, 5) is 9.01. The lowest BCUT2D eigenvalue weighted by Crippen LogP contribution is -1.96. The normalized spacial score (nSPS) is 19.4. The van der Waals surface area contributed by atoms with E-state index in [1.54, 1.807) is 12.5 Å². The van der Waals surface area contributed by atoms with E-state index >= 15 is 0 Å². The fourth-order valence-corrected chi connectivity index (χ4v) is 3.53. The number of allylic oxidation sites excluding steroid dienone is 2. The Morgan fingerprint density at radius 1 is 1.37 bits per heavy atom. The predicted octanol–water partition coefficient (Wildman–Crippen LogP) is 5.24. The maximum atomic E-state index is 5.40. The molecule has 1 aromatic rings. The maximum Gasteiger partial charge on any atom is 0.208 e. The highest BCUT2D eigenvalue weighted by Crippen LogP contribution is 2.74. The Balaban J connectivity index is 0.000000218. The average Bonchev–Trinajstić information content (AvgIpc) is 2.76. The number of aromatic nitrogens is 2. The van der Waals surface area contributed by atoms with E-state index in [-0.39, 0.29) is 0 Å². The van der Waals surface area contributed by atoms with E-state index in [2.05, 4.69) is 35.6 Å². The molecule has 0 atom stereocenters. The zero-order valence-corrected chi connectivity index (χ0v) is 14.7. The summed E-state index contributed by atoms with van der Waals surface area (Å²) in [5.74, 6) is 0. The van der Waals surface area contributed by atoms with Crippen molar-refractivity contribution in [1.29, 1.82) is 0 Å². The molecule has 0 spiro atoms. The van der Waals surface area contributed by atoms with Crippen LogP contribution >= 0.6 is 70.8 Å². The highest BCUT2D eigenvalue weighted by atomic mass is 35.5. The summed E-state index contributed by atoms with van der Waals surface area (Å²) in [6, 6.07) is 1.90. The van der Waals surface area contributed by atoms with Gasteiger partial charge in [-0.05, 0) is 17.4 Å². The smallest absolute Gasteiger partial charge is 0.208 e. The average molecular weight is 378 g/mol. The van der Waals surface area contributed by atoms with Gasteiger partial charge in [0.25, 0.3) is 0 Å². The third kappa shape index (κ3) is 6.32. The summed E-state index contributed by atoms with van der Waals surface area (Å²) >= 11 is 27.0. The van der Waals surface area contributed by atoms with Crippen LogP contribution in [0.2, 0.25) is 0 Å². The fraction of sp³-hybridized carbons (Fsp3) is 0.455. The van der Waals surface area contributed by atoms with Gasteiger partial charge >= 0.3 is 0 Å². The molecule has 0 radical (unpaired) electrons. The van der Waals surface area contributed by atoms with Gasteiger partial charge in [-0.1, -0.05) is 71.2 Å². The number of halogens is 4. The zero-order valence-electron chi connectivity index (χ0n) is 9.99. The molecule has 0 amide bonds. The van der Waals surface area contributed by atoms with Gasteiger partial charge in [0.1, 0.15) is 6.33 Å². The molecule has 2 nitrogen and oxygen atoms in total. The van der Waals surface area contributed by atoms with Crippen LogP contribution in [0.15, 0.2) is 29.6 Å². The first kappa shape index (κ1) is 17.7. The van der Waals surface area contributed by atoms with Crippen LogP contribution in [0.1, 0.15) is 19.0 Å². The molecule has 1 aliphatic heterocycles. The number of hydrogen-bond donors (Lipinski definition) is 1. The number of alkyl halides is 4. The van der Waals surface area contributed by atoms with Crippen LogP contribution in [0.4, 0.5) is 0 Å². The molecule has 19 heavy (non-hydrogen) atoms. The predicted molar refractivity (Wildman–Crippen MR) is 89.6 cm³/mol. The summed E-state index contributed by atoms with van der Waals surface area (Å²) in [7, 11) is 0. The molecule has 8 heteroatoms. The van der Waals surface area contributed by atoms with Gasteiger partial charge in [0.15, 0.2) is 0 Å². The van der Waals surface area contributed by atoms with Crippen LogP contribution in [-0.4, -0.2) is 17.3 Å². The Hall–Kier alpha value is 0.680. The first-order valence-corrected chi connectivity index (χ1v) is 8.14. The topological polar surface area (TPSA) is 25.8 Å². The second-order valence-electron chi connectivity index (χ2n) is 3.62. The van der Waals surface area contributed by atoms with Crippen LogP contribution in [0, 0.1) is 0 Å². The van der Waals surface area contributed by atoms with Crippen molar-refractivity contribution in [2.45, 2.75) is 27.1 Å². The van der Waals surface area contributed by atoms with Crippen molar-refractivity contribution >= 4 is 70.8 Å². The van der Waals surface area contributed by atoms with Crippen LogP contribution in [0.3, 0.4) is 0 Å². The van der Waals surface area contributed by atoms with Crippen molar-refractivity contribution < 1.29 is 0 Å². The Bertz CT molecular complexity index is 426. The fourth-order valence-electron chi connectivity index (χ4n) is 1.05. The molecule has 2 heterocycles. The van der Waals surface area contributed by atoms with E-state index in [0.717, 1.165) is 35.2 Å². The Labute approximate surface area is 142 Å².